The predicted octanol–water partition coefficient (Wildman–Crippen LogP) is 2.23. The summed E-state index contributed by atoms with van der Waals surface area (Å²) >= 11 is 0. The molecule has 0 saturated carbocycles. The fraction of sp³-hybridized carbons (Fsp3) is 0.632. The van der Waals surface area contributed by atoms with E-state index in [4.69, 9.17) is 4.74 Å². The van der Waals surface area contributed by atoms with E-state index in [1.165, 1.54) is 11.1 Å². The minimum atomic E-state index is -0.345. The number of carbonyl (C=O) groups is 1. The van der Waals surface area contributed by atoms with Gasteiger partial charge in [-0.3, -0.25) is 4.79 Å². The van der Waals surface area contributed by atoms with Crippen LogP contribution < -0.4 is 0 Å². The van der Waals surface area contributed by atoms with Gasteiger partial charge in [-0.15, -0.1) is 0 Å². The second-order valence-corrected chi connectivity index (χ2v) is 6.94. The van der Waals surface area contributed by atoms with Crippen LogP contribution in [0.4, 0.5) is 0 Å². The van der Waals surface area contributed by atoms with Crippen LogP contribution in [0.5, 0.6) is 0 Å². The van der Waals surface area contributed by atoms with Crippen LogP contribution in [0.15, 0.2) is 18.2 Å². The Balaban J connectivity index is 1.73. The van der Waals surface area contributed by atoms with Crippen molar-refractivity contribution in [3.05, 3.63) is 34.9 Å². The van der Waals surface area contributed by atoms with Gasteiger partial charge in [0.2, 0.25) is 5.91 Å². The lowest BCUT2D eigenvalue weighted by Crippen LogP contribution is -2.48. The van der Waals surface area contributed by atoms with E-state index in [0.717, 1.165) is 24.9 Å². The molecular formula is C19H27NO3. The van der Waals surface area contributed by atoms with Gasteiger partial charge in [-0.25, -0.2) is 0 Å². The summed E-state index contributed by atoms with van der Waals surface area (Å²) in [5.74, 6) is 0.246. The minimum Gasteiger partial charge on any atom is -0.393 e. The van der Waals surface area contributed by atoms with Crippen LogP contribution in [-0.2, 0) is 16.0 Å². The molecule has 0 aliphatic carbocycles. The molecule has 0 unspecified atom stereocenters. The maximum atomic E-state index is 12.9. The van der Waals surface area contributed by atoms with Crippen molar-refractivity contribution in [2.45, 2.75) is 51.7 Å². The fourth-order valence-corrected chi connectivity index (χ4v) is 4.04. The highest BCUT2D eigenvalue weighted by molar-refractivity contribution is 5.80. The van der Waals surface area contributed by atoms with Crippen LogP contribution in [0.25, 0.3) is 0 Å². The Kier molecular flexibility index (Phi) is 5.02. The smallest absolute Gasteiger partial charge is 0.227 e. The Labute approximate surface area is 138 Å². The van der Waals surface area contributed by atoms with Crippen LogP contribution in [0, 0.1) is 19.8 Å². The number of hydrogen-bond acceptors (Lipinski definition) is 3. The van der Waals surface area contributed by atoms with Gasteiger partial charge in [-0.1, -0.05) is 18.2 Å². The van der Waals surface area contributed by atoms with E-state index >= 15 is 0 Å². The fourth-order valence-electron chi connectivity index (χ4n) is 4.04. The lowest BCUT2D eigenvalue weighted by molar-refractivity contribution is -0.135. The van der Waals surface area contributed by atoms with E-state index in [2.05, 4.69) is 26.0 Å². The molecule has 3 atom stereocenters. The van der Waals surface area contributed by atoms with Gasteiger partial charge in [0.05, 0.1) is 19.1 Å². The summed E-state index contributed by atoms with van der Waals surface area (Å²) in [6.45, 7) is 6.13. The molecule has 126 valence electrons. The van der Waals surface area contributed by atoms with E-state index < -0.39 is 0 Å². The third-order valence-electron chi connectivity index (χ3n) is 5.45. The Morgan fingerprint density at radius 2 is 2.04 bits per heavy atom. The van der Waals surface area contributed by atoms with Crippen molar-refractivity contribution in [1.82, 2.24) is 4.90 Å². The highest BCUT2D eigenvalue weighted by Crippen LogP contribution is 2.30. The molecular weight excluding hydrogens is 290 g/mol. The minimum absolute atomic E-state index is 0.0631. The molecule has 2 fully saturated rings. The molecule has 2 aliphatic heterocycles. The monoisotopic (exact) mass is 317 g/mol. The lowest BCUT2D eigenvalue weighted by atomic mass is 9.89. The van der Waals surface area contributed by atoms with E-state index in [-0.39, 0.29) is 24.0 Å². The molecule has 2 heterocycles. The van der Waals surface area contributed by atoms with Crippen molar-refractivity contribution in [1.29, 1.82) is 0 Å². The standard InChI is InChI=1S/C19H27NO3/c1-13-5-3-6-14(2)15(13)11-19(22)20-9-4-7-17(20)16-12-23-10-8-18(16)21/h3,5-6,16-18,21H,4,7-12H2,1-2H3/t16-,17-,18+/m1/s1. The van der Waals surface area contributed by atoms with Gasteiger partial charge in [0.15, 0.2) is 0 Å². The Morgan fingerprint density at radius 1 is 1.30 bits per heavy atom. The number of amides is 1. The van der Waals surface area contributed by atoms with Crippen molar-refractivity contribution in [3.8, 4) is 0 Å². The molecule has 3 rings (SSSR count). The zero-order valence-electron chi connectivity index (χ0n) is 14.1. The van der Waals surface area contributed by atoms with Crippen molar-refractivity contribution in [3.63, 3.8) is 0 Å². The van der Waals surface area contributed by atoms with Crippen molar-refractivity contribution in [2.24, 2.45) is 5.92 Å². The first kappa shape index (κ1) is 16.5. The van der Waals surface area contributed by atoms with Gasteiger partial charge in [0.1, 0.15) is 0 Å². The quantitative estimate of drug-likeness (QED) is 0.930. The summed E-state index contributed by atoms with van der Waals surface area (Å²) in [4.78, 5) is 14.9. The number of likely N-dealkylation sites (tertiary alicyclic amines) is 1. The normalized spacial score (nSPS) is 28.1. The molecule has 4 nitrogen and oxygen atoms in total. The molecule has 1 amide bonds. The number of hydrogen-bond donors (Lipinski definition) is 1. The van der Waals surface area contributed by atoms with Crippen LogP contribution in [0.2, 0.25) is 0 Å². The van der Waals surface area contributed by atoms with E-state index in [1.807, 2.05) is 11.0 Å². The molecule has 0 bridgehead atoms. The van der Waals surface area contributed by atoms with Gasteiger partial charge in [0, 0.05) is 25.1 Å². The zero-order chi connectivity index (χ0) is 16.4. The maximum absolute atomic E-state index is 12.9. The number of aryl methyl sites for hydroxylation is 2. The summed E-state index contributed by atoms with van der Waals surface area (Å²) in [6, 6.07) is 6.29. The molecule has 2 saturated heterocycles. The number of ether oxygens (including phenoxy) is 1. The van der Waals surface area contributed by atoms with Crippen molar-refractivity contribution >= 4 is 5.91 Å². The van der Waals surface area contributed by atoms with Crippen LogP contribution in [0.3, 0.4) is 0 Å². The van der Waals surface area contributed by atoms with Gasteiger partial charge < -0.3 is 14.7 Å². The van der Waals surface area contributed by atoms with E-state index in [0.29, 0.717) is 26.1 Å². The van der Waals surface area contributed by atoms with E-state index in [1.54, 1.807) is 0 Å². The Morgan fingerprint density at radius 3 is 2.74 bits per heavy atom. The van der Waals surface area contributed by atoms with E-state index in [9.17, 15) is 9.90 Å². The Hall–Kier alpha value is -1.39. The summed E-state index contributed by atoms with van der Waals surface area (Å²) < 4.78 is 5.55. The second kappa shape index (κ2) is 7.02. The summed E-state index contributed by atoms with van der Waals surface area (Å²) in [7, 11) is 0. The number of aliphatic hydroxyl groups excluding tert-OH is 1. The third kappa shape index (κ3) is 3.43. The zero-order valence-corrected chi connectivity index (χ0v) is 14.1. The molecule has 1 N–H and O–H groups in total. The molecule has 0 aromatic heterocycles. The highest BCUT2D eigenvalue weighted by atomic mass is 16.5. The second-order valence-electron chi connectivity index (χ2n) is 6.94. The van der Waals surface area contributed by atoms with Gasteiger partial charge in [0.25, 0.3) is 0 Å². The van der Waals surface area contributed by atoms with Crippen LogP contribution in [0.1, 0.15) is 36.0 Å². The first-order chi connectivity index (χ1) is 11.1. The Bertz CT molecular complexity index is 551. The average molecular weight is 317 g/mol. The maximum Gasteiger partial charge on any atom is 0.227 e. The molecule has 1 aromatic rings. The summed E-state index contributed by atoms with van der Waals surface area (Å²) in [5.41, 5.74) is 3.49. The van der Waals surface area contributed by atoms with Crippen LogP contribution >= 0.6 is 0 Å². The van der Waals surface area contributed by atoms with Gasteiger partial charge >= 0.3 is 0 Å². The molecule has 1 aromatic carbocycles. The number of benzene rings is 1. The van der Waals surface area contributed by atoms with Crippen LogP contribution in [-0.4, -0.2) is 47.8 Å². The van der Waals surface area contributed by atoms with Gasteiger partial charge in [-0.05, 0) is 49.8 Å². The molecule has 2 aliphatic rings. The molecule has 4 heteroatoms. The molecule has 23 heavy (non-hydrogen) atoms. The lowest BCUT2D eigenvalue weighted by Gasteiger charge is -2.37. The highest BCUT2D eigenvalue weighted by Gasteiger charge is 2.39. The van der Waals surface area contributed by atoms with Crippen molar-refractivity contribution < 1.29 is 14.6 Å². The molecule has 0 spiro atoms. The summed E-state index contributed by atoms with van der Waals surface area (Å²) in [5, 5.41) is 10.3. The van der Waals surface area contributed by atoms with Crippen molar-refractivity contribution in [2.75, 3.05) is 19.8 Å². The topological polar surface area (TPSA) is 49.8 Å². The SMILES string of the molecule is Cc1cccc(C)c1CC(=O)N1CCC[C@@H]1[C@H]1COCC[C@@H]1O. The van der Waals surface area contributed by atoms with Gasteiger partial charge in [-0.2, -0.15) is 0 Å². The first-order valence-corrected chi connectivity index (χ1v) is 8.68. The number of rotatable bonds is 3. The number of carbonyl (C=O) groups excluding carboxylic acids is 1. The first-order valence-electron chi connectivity index (χ1n) is 8.68. The average Bonchev–Trinajstić information content (AvgIpc) is 3.01. The summed E-state index contributed by atoms with van der Waals surface area (Å²) in [6.07, 6.45) is 2.79. The largest absolute Gasteiger partial charge is 0.393 e. The molecule has 0 radical (unpaired) electrons. The number of aliphatic hydroxyl groups is 1. The number of nitrogens with zero attached hydrogens (tertiary/aromatic N) is 1. The predicted molar refractivity (Wildman–Crippen MR) is 89.3 cm³/mol. The third-order valence-corrected chi connectivity index (χ3v) is 5.45.